The van der Waals surface area contributed by atoms with Crippen LogP contribution in [-0.4, -0.2) is 62.9 Å². The molecule has 3 amide bonds. The van der Waals surface area contributed by atoms with Gasteiger partial charge in [0.15, 0.2) is 6.04 Å². The minimum absolute atomic E-state index is 0.000804. The third-order valence-corrected chi connectivity index (χ3v) is 5.94. The molecule has 0 aliphatic carbocycles. The average molecular weight is 598 g/mol. The molecule has 2 aromatic carbocycles. The zero-order valence-electron chi connectivity index (χ0n) is 24.7. The number of nitrogens with zero attached hydrogens (tertiary/aromatic N) is 1. The van der Waals surface area contributed by atoms with E-state index in [0.717, 1.165) is 10.5 Å². The number of aromatic hydroxyl groups is 1. The number of benzene rings is 2. The fraction of sp³-hybridized carbons (Fsp3) is 0.419. The smallest absolute Gasteiger partial charge is 0.408 e. The molecule has 3 unspecified atom stereocenters. The van der Waals surface area contributed by atoms with Crippen molar-refractivity contribution in [1.82, 2.24) is 15.5 Å². The fourth-order valence-corrected chi connectivity index (χ4v) is 4.10. The lowest BCUT2D eigenvalue weighted by molar-refractivity contribution is -0.159. The van der Waals surface area contributed by atoms with Crippen LogP contribution < -0.4 is 10.6 Å². The Bertz CT molecular complexity index is 1300. The first-order valence-corrected chi connectivity index (χ1v) is 13.9. The van der Waals surface area contributed by atoms with E-state index in [-0.39, 0.29) is 23.5 Å². The minimum Gasteiger partial charge on any atom is -0.508 e. The molecule has 0 aromatic heterocycles. The van der Waals surface area contributed by atoms with Gasteiger partial charge in [-0.3, -0.25) is 14.5 Å². The van der Waals surface area contributed by atoms with Crippen molar-refractivity contribution in [1.29, 1.82) is 0 Å². The van der Waals surface area contributed by atoms with Crippen LogP contribution in [-0.2, 0) is 30.3 Å². The molecule has 10 nitrogen and oxygen atoms in total. The molecule has 0 aliphatic heterocycles. The normalized spacial score (nSPS) is 13.5. The summed E-state index contributed by atoms with van der Waals surface area (Å²) in [7, 11) is 0. The summed E-state index contributed by atoms with van der Waals surface area (Å²) in [6, 6.07) is 13.0. The van der Waals surface area contributed by atoms with Crippen LogP contribution in [0.25, 0.3) is 0 Å². The van der Waals surface area contributed by atoms with Crippen LogP contribution in [0.4, 0.5) is 4.79 Å². The minimum atomic E-state index is -1.59. The zero-order valence-corrected chi connectivity index (χ0v) is 25.6. The molecule has 0 saturated carbocycles. The molecule has 2 aromatic rings. The Morgan fingerprint density at radius 1 is 0.905 bits per heavy atom. The van der Waals surface area contributed by atoms with Crippen molar-refractivity contribution in [3.63, 3.8) is 0 Å². The largest absolute Gasteiger partial charge is 0.508 e. The van der Waals surface area contributed by atoms with Crippen molar-refractivity contribution >= 4 is 36.5 Å². The molecule has 0 heterocycles. The van der Waals surface area contributed by atoms with Crippen LogP contribution in [0.3, 0.4) is 0 Å². The molecule has 11 heteroatoms. The Hall–Kier alpha value is -4.17. The Labute approximate surface area is 252 Å². The molecule has 3 atom stereocenters. The van der Waals surface area contributed by atoms with E-state index in [1.807, 2.05) is 6.07 Å². The van der Waals surface area contributed by atoms with E-state index in [0.29, 0.717) is 0 Å². The van der Waals surface area contributed by atoms with Crippen LogP contribution >= 0.6 is 12.6 Å². The highest BCUT2D eigenvalue weighted by Gasteiger charge is 2.38. The van der Waals surface area contributed by atoms with E-state index >= 15 is 0 Å². The molecule has 0 radical (unpaired) electrons. The third kappa shape index (κ3) is 10.3. The molecule has 3 N–H and O–H groups in total. The first-order chi connectivity index (χ1) is 19.6. The molecule has 226 valence electrons. The lowest BCUT2D eigenvalue weighted by Crippen LogP contribution is -2.54. The van der Waals surface area contributed by atoms with Gasteiger partial charge in [0, 0.05) is 23.8 Å². The van der Waals surface area contributed by atoms with Gasteiger partial charge in [-0.2, -0.15) is 12.6 Å². The Balaban J connectivity index is 2.49. The number of alkyl carbamates (subject to hydrolysis) is 1. The lowest BCUT2D eigenvalue weighted by atomic mass is 10.0. The summed E-state index contributed by atoms with van der Waals surface area (Å²) >= 11 is 4.18. The van der Waals surface area contributed by atoms with Crippen LogP contribution in [0.5, 0.6) is 5.75 Å². The first-order valence-electron chi connectivity index (χ1n) is 13.3. The van der Waals surface area contributed by atoms with E-state index in [2.05, 4.69) is 29.3 Å². The number of ether oxygens (including phenoxy) is 2. The van der Waals surface area contributed by atoms with Crippen molar-refractivity contribution < 1.29 is 33.8 Å². The fourth-order valence-electron chi connectivity index (χ4n) is 3.85. The average Bonchev–Trinajstić information content (AvgIpc) is 2.88. The van der Waals surface area contributed by atoms with Gasteiger partial charge >= 0.3 is 12.1 Å². The molecule has 0 aliphatic rings. The van der Waals surface area contributed by atoms with Gasteiger partial charge in [-0.05, 0) is 53.2 Å². The van der Waals surface area contributed by atoms with Crippen LogP contribution in [0.2, 0.25) is 0 Å². The van der Waals surface area contributed by atoms with Crippen molar-refractivity contribution in [2.75, 3.05) is 5.75 Å². The van der Waals surface area contributed by atoms with Crippen molar-refractivity contribution in [3.05, 3.63) is 65.7 Å². The summed E-state index contributed by atoms with van der Waals surface area (Å²) in [6.45, 7) is 10.1. The van der Waals surface area contributed by atoms with E-state index in [9.17, 15) is 24.3 Å². The number of terminal acetylenes is 1. The highest BCUT2D eigenvalue weighted by molar-refractivity contribution is 7.80. The standard InChI is InChI=1S/C31H39N3O7S/c1-8-34(27(37)23(19-42)33-29(39)41-31(5,6)7)25(21-16-12-13-17-24(21)35)26(36)32-22(28(38)40-30(2,3)4)18-20-14-10-9-11-15-20/h1,9-17,22-23,25,35,42H,18-19H2,2-7H3,(H,32,36)(H,33,39). The van der Waals surface area contributed by atoms with Gasteiger partial charge in [0.1, 0.15) is 29.0 Å². The van der Waals surface area contributed by atoms with E-state index < -0.39 is 53.2 Å². The summed E-state index contributed by atoms with van der Waals surface area (Å²) in [5.41, 5.74) is -0.941. The molecule has 0 saturated heterocycles. The number of nitrogens with one attached hydrogen (secondary N) is 2. The van der Waals surface area contributed by atoms with Crippen molar-refractivity contribution in [2.45, 2.75) is 77.3 Å². The highest BCUT2D eigenvalue weighted by atomic mass is 32.1. The number of phenols is 1. The monoisotopic (exact) mass is 597 g/mol. The van der Waals surface area contributed by atoms with Gasteiger partial charge in [-0.25, -0.2) is 9.59 Å². The molecule has 0 fully saturated rings. The molecule has 0 bridgehead atoms. The maximum Gasteiger partial charge on any atom is 0.408 e. The predicted molar refractivity (Wildman–Crippen MR) is 161 cm³/mol. The van der Waals surface area contributed by atoms with Gasteiger partial charge in [-0.15, -0.1) is 0 Å². The maximum atomic E-state index is 13.9. The second kappa shape index (κ2) is 14.6. The summed E-state index contributed by atoms with van der Waals surface area (Å²) in [4.78, 5) is 54.0. The number of rotatable bonds is 10. The number of esters is 1. The van der Waals surface area contributed by atoms with Crippen LogP contribution in [0, 0.1) is 12.5 Å². The number of hydrogen-bond acceptors (Lipinski definition) is 8. The Morgan fingerprint density at radius 2 is 1.48 bits per heavy atom. The van der Waals surface area contributed by atoms with Crippen molar-refractivity contribution in [3.8, 4) is 18.2 Å². The lowest BCUT2D eigenvalue weighted by Gasteiger charge is -2.31. The predicted octanol–water partition coefficient (Wildman–Crippen LogP) is 3.74. The second-order valence-electron chi connectivity index (χ2n) is 11.5. The molecule has 2 rings (SSSR count). The number of carbonyl (C=O) groups is 4. The van der Waals surface area contributed by atoms with Gasteiger partial charge in [0.25, 0.3) is 5.91 Å². The summed E-state index contributed by atoms with van der Waals surface area (Å²) in [5.74, 6) is -2.91. The number of carbonyl (C=O) groups excluding carboxylic acids is 4. The van der Waals surface area contributed by atoms with E-state index in [1.54, 1.807) is 71.9 Å². The quantitative estimate of drug-likeness (QED) is 0.142. The number of phenolic OH excluding ortho intramolecular Hbond substituents is 1. The number of hydrogen-bond donors (Lipinski definition) is 4. The Morgan fingerprint density at radius 3 is 2.00 bits per heavy atom. The zero-order chi connectivity index (χ0) is 31.7. The first kappa shape index (κ1) is 34.0. The number of thiol groups is 1. The second-order valence-corrected chi connectivity index (χ2v) is 11.8. The molecular formula is C31H39N3O7S. The van der Waals surface area contributed by atoms with Gasteiger partial charge < -0.3 is 25.2 Å². The maximum absolute atomic E-state index is 13.9. The van der Waals surface area contributed by atoms with Gasteiger partial charge in [0.2, 0.25) is 5.91 Å². The Kier molecular flexibility index (Phi) is 11.9. The summed E-state index contributed by atoms with van der Waals surface area (Å²) in [6.07, 6.45) is 4.95. The van der Waals surface area contributed by atoms with Crippen LogP contribution in [0.1, 0.15) is 58.7 Å². The summed E-state index contributed by atoms with van der Waals surface area (Å²) in [5, 5.41) is 15.8. The topological polar surface area (TPSA) is 134 Å². The van der Waals surface area contributed by atoms with E-state index in [4.69, 9.17) is 15.9 Å². The third-order valence-electron chi connectivity index (χ3n) is 5.58. The molecular weight excluding hydrogens is 558 g/mol. The summed E-state index contributed by atoms with van der Waals surface area (Å²) < 4.78 is 10.8. The number of amides is 3. The molecule has 0 spiro atoms. The van der Waals surface area contributed by atoms with Crippen molar-refractivity contribution in [2.24, 2.45) is 0 Å². The number of para-hydroxylation sites is 1. The van der Waals surface area contributed by atoms with Gasteiger partial charge in [-0.1, -0.05) is 55.0 Å². The SMILES string of the molecule is C#CN(C(=O)C(CS)NC(=O)OC(C)(C)C)C(C(=O)NC(Cc1ccccc1)C(=O)OC(C)(C)C)c1ccccc1O. The van der Waals surface area contributed by atoms with E-state index in [1.165, 1.54) is 18.2 Å². The highest BCUT2D eigenvalue weighted by Crippen LogP contribution is 2.30. The van der Waals surface area contributed by atoms with Gasteiger partial charge in [0.05, 0.1) is 0 Å². The van der Waals surface area contributed by atoms with Crippen LogP contribution in [0.15, 0.2) is 54.6 Å². The molecule has 42 heavy (non-hydrogen) atoms.